The van der Waals surface area contributed by atoms with Crippen LogP contribution in [0.3, 0.4) is 0 Å². The molecule has 0 spiro atoms. The van der Waals surface area contributed by atoms with E-state index < -0.39 is 11.5 Å². The molecule has 0 radical (unpaired) electrons. The number of thiophene rings is 1. The van der Waals surface area contributed by atoms with Crippen molar-refractivity contribution in [3.8, 4) is 10.6 Å². The zero-order valence-corrected chi connectivity index (χ0v) is 22.2. The Kier molecular flexibility index (Phi) is 5.96. The third-order valence-electron chi connectivity index (χ3n) is 6.84. The number of aryl methyl sites for hydroxylation is 1. The molecule has 188 valence electrons. The van der Waals surface area contributed by atoms with Gasteiger partial charge in [0.05, 0.1) is 28.0 Å². The highest BCUT2D eigenvalue weighted by molar-refractivity contribution is 7.21. The number of thiazole rings is 1. The average Bonchev–Trinajstić information content (AvgIpc) is 3.60. The largest absolute Gasteiger partial charge is 0.349 e. The maximum Gasteiger partial charge on any atom is 0.225 e. The van der Waals surface area contributed by atoms with Gasteiger partial charge in [0, 0.05) is 10.8 Å². The smallest absolute Gasteiger partial charge is 0.225 e. The summed E-state index contributed by atoms with van der Waals surface area (Å²) in [5, 5.41) is 10.0. The molecular formula is C26H30N6O2S2. The lowest BCUT2D eigenvalue weighted by Gasteiger charge is -2.31. The molecule has 6 rings (SSSR count). The van der Waals surface area contributed by atoms with E-state index in [4.69, 9.17) is 30.2 Å². The minimum Gasteiger partial charge on any atom is -0.349 e. The fraction of sp³-hybridized carbons (Fsp3) is 0.423. The van der Waals surface area contributed by atoms with Crippen molar-refractivity contribution in [3.05, 3.63) is 52.3 Å². The van der Waals surface area contributed by atoms with Gasteiger partial charge in [0.25, 0.3) is 0 Å². The summed E-state index contributed by atoms with van der Waals surface area (Å²) in [6, 6.07) is 12.3. The minimum atomic E-state index is -0.718. The van der Waals surface area contributed by atoms with Crippen LogP contribution in [0.25, 0.3) is 20.8 Å². The predicted molar refractivity (Wildman–Crippen MR) is 145 cm³/mol. The Bertz CT molecular complexity index is 1360. The number of hydrogen-bond acceptors (Lipinski definition) is 10. The zero-order chi connectivity index (χ0) is 24.9. The first-order chi connectivity index (χ1) is 17.4. The Morgan fingerprint density at radius 3 is 2.78 bits per heavy atom. The summed E-state index contributed by atoms with van der Waals surface area (Å²) >= 11 is 3.34. The van der Waals surface area contributed by atoms with E-state index in [-0.39, 0.29) is 12.0 Å². The van der Waals surface area contributed by atoms with E-state index >= 15 is 0 Å². The van der Waals surface area contributed by atoms with Gasteiger partial charge in [-0.15, -0.1) is 22.7 Å². The third kappa shape index (κ3) is 4.26. The van der Waals surface area contributed by atoms with Gasteiger partial charge >= 0.3 is 0 Å². The standard InChI is InChI=1S/C26H30N6O2S2/c1-15-20(23-30-18-8-4-5-9-19(18)36-23)22(31-24(29-15)28-14-17-7-6-12-35-17)32-26-11-10-16(13-27)21(26)33-25(2,3)34-26/h4-9,12,16,21H,10-11,13-14,27H2,1-3H3,(H2,28,29,31,32)/t16-,21-,26+/m1/s1. The van der Waals surface area contributed by atoms with Gasteiger partial charge in [0.1, 0.15) is 16.9 Å². The number of fused-ring (bicyclic) bond motifs is 2. The second-order valence-corrected chi connectivity index (χ2v) is 11.9. The van der Waals surface area contributed by atoms with E-state index in [0.717, 1.165) is 39.3 Å². The fourth-order valence-electron chi connectivity index (χ4n) is 5.30. The van der Waals surface area contributed by atoms with Gasteiger partial charge in [-0.3, -0.25) is 0 Å². The van der Waals surface area contributed by atoms with E-state index in [1.165, 1.54) is 4.88 Å². The number of rotatable bonds is 7. The first-order valence-electron chi connectivity index (χ1n) is 12.2. The molecule has 1 saturated heterocycles. The summed E-state index contributed by atoms with van der Waals surface area (Å²) in [6.07, 6.45) is 1.54. The van der Waals surface area contributed by atoms with Gasteiger partial charge in [0.15, 0.2) is 11.5 Å². The summed E-state index contributed by atoms with van der Waals surface area (Å²) < 4.78 is 14.1. The second-order valence-electron chi connectivity index (χ2n) is 9.87. The van der Waals surface area contributed by atoms with Crippen LogP contribution in [0.1, 0.15) is 37.3 Å². The molecule has 1 saturated carbocycles. The highest BCUT2D eigenvalue weighted by Crippen LogP contribution is 2.50. The fourth-order valence-corrected chi connectivity index (χ4v) is 7.01. The van der Waals surface area contributed by atoms with Crippen molar-refractivity contribution in [1.29, 1.82) is 0 Å². The number of benzene rings is 1. The molecule has 1 aliphatic carbocycles. The van der Waals surface area contributed by atoms with Crippen molar-refractivity contribution < 1.29 is 9.47 Å². The molecule has 0 unspecified atom stereocenters. The van der Waals surface area contributed by atoms with Crippen molar-refractivity contribution in [2.24, 2.45) is 11.7 Å². The van der Waals surface area contributed by atoms with Crippen LogP contribution in [-0.4, -0.2) is 39.1 Å². The first-order valence-corrected chi connectivity index (χ1v) is 13.9. The molecule has 3 atom stereocenters. The van der Waals surface area contributed by atoms with Crippen LogP contribution in [0.15, 0.2) is 41.8 Å². The maximum atomic E-state index is 6.56. The van der Waals surface area contributed by atoms with E-state index in [2.05, 4.69) is 28.1 Å². The SMILES string of the molecule is Cc1nc(NCc2cccs2)nc(N[C@]23CC[C@H](CN)[C@H]2OC(C)(C)O3)c1-c1nc2ccccc2s1. The van der Waals surface area contributed by atoms with Crippen LogP contribution in [0.5, 0.6) is 0 Å². The van der Waals surface area contributed by atoms with Crippen molar-refractivity contribution >= 4 is 44.7 Å². The number of aromatic nitrogens is 3. The Labute approximate surface area is 218 Å². The van der Waals surface area contributed by atoms with Crippen molar-refractivity contribution in [3.63, 3.8) is 0 Å². The molecule has 4 N–H and O–H groups in total. The lowest BCUT2D eigenvalue weighted by atomic mass is 10.0. The Hall–Kier alpha value is -2.63. The summed E-state index contributed by atoms with van der Waals surface area (Å²) in [5.74, 6) is 0.751. The molecule has 8 nitrogen and oxygen atoms in total. The topological polar surface area (TPSA) is 107 Å². The molecule has 0 bridgehead atoms. The van der Waals surface area contributed by atoms with Gasteiger partial charge in [-0.25, -0.2) is 9.97 Å². The molecule has 3 aromatic heterocycles. The van der Waals surface area contributed by atoms with E-state index in [9.17, 15) is 0 Å². The highest BCUT2D eigenvalue weighted by Gasteiger charge is 2.60. The molecule has 36 heavy (non-hydrogen) atoms. The van der Waals surface area contributed by atoms with Gasteiger partial charge < -0.3 is 25.8 Å². The number of nitrogens with zero attached hydrogens (tertiary/aromatic N) is 3. The summed E-state index contributed by atoms with van der Waals surface area (Å²) in [6.45, 7) is 7.13. The molecule has 10 heteroatoms. The predicted octanol–water partition coefficient (Wildman–Crippen LogP) is 5.36. The van der Waals surface area contributed by atoms with Crippen LogP contribution in [0.4, 0.5) is 11.8 Å². The van der Waals surface area contributed by atoms with Gasteiger partial charge in [-0.05, 0) is 63.7 Å². The van der Waals surface area contributed by atoms with Gasteiger partial charge in [-0.2, -0.15) is 4.98 Å². The highest BCUT2D eigenvalue weighted by atomic mass is 32.1. The van der Waals surface area contributed by atoms with Crippen LogP contribution in [-0.2, 0) is 16.0 Å². The third-order valence-corrected chi connectivity index (χ3v) is 8.77. The number of ether oxygens (including phenoxy) is 2. The Balaban J connectivity index is 1.43. The quantitative estimate of drug-likeness (QED) is 0.298. The zero-order valence-electron chi connectivity index (χ0n) is 20.6. The normalized spacial score (nSPS) is 24.8. The molecular weight excluding hydrogens is 492 g/mol. The average molecular weight is 523 g/mol. The Morgan fingerprint density at radius 1 is 1.14 bits per heavy atom. The number of hydrogen-bond donors (Lipinski definition) is 3. The van der Waals surface area contributed by atoms with E-state index in [1.807, 2.05) is 45.0 Å². The summed E-state index contributed by atoms with van der Waals surface area (Å²) in [4.78, 5) is 15.9. The first kappa shape index (κ1) is 23.7. The molecule has 4 aromatic rings. The van der Waals surface area contributed by atoms with Crippen molar-refractivity contribution in [2.45, 2.75) is 57.8 Å². The summed E-state index contributed by atoms with van der Waals surface area (Å²) in [7, 11) is 0. The summed E-state index contributed by atoms with van der Waals surface area (Å²) in [5.41, 5.74) is 8.10. The molecule has 0 amide bonds. The molecule has 1 aromatic carbocycles. The number of nitrogens with two attached hydrogens (primary N) is 1. The van der Waals surface area contributed by atoms with Gasteiger partial charge in [-0.1, -0.05) is 18.2 Å². The van der Waals surface area contributed by atoms with E-state index in [1.54, 1.807) is 22.7 Å². The van der Waals surface area contributed by atoms with Crippen LogP contribution in [0, 0.1) is 12.8 Å². The monoisotopic (exact) mass is 522 g/mol. The van der Waals surface area contributed by atoms with Crippen molar-refractivity contribution in [2.75, 3.05) is 17.2 Å². The van der Waals surface area contributed by atoms with Gasteiger partial charge in [0.2, 0.25) is 5.95 Å². The van der Waals surface area contributed by atoms with Crippen LogP contribution >= 0.6 is 22.7 Å². The number of para-hydroxylation sites is 1. The van der Waals surface area contributed by atoms with Crippen LogP contribution < -0.4 is 16.4 Å². The van der Waals surface area contributed by atoms with Crippen LogP contribution in [0.2, 0.25) is 0 Å². The lowest BCUT2D eigenvalue weighted by Crippen LogP contribution is -2.46. The van der Waals surface area contributed by atoms with Crippen molar-refractivity contribution in [1.82, 2.24) is 15.0 Å². The van der Waals surface area contributed by atoms with E-state index in [0.29, 0.717) is 24.9 Å². The molecule has 2 fully saturated rings. The number of anilines is 2. The molecule has 4 heterocycles. The molecule has 1 aliphatic heterocycles. The Morgan fingerprint density at radius 2 is 2.00 bits per heavy atom. The maximum absolute atomic E-state index is 6.56. The second kappa shape index (κ2) is 9.04. The number of nitrogens with one attached hydrogen (secondary N) is 2. The molecule has 2 aliphatic rings. The lowest BCUT2D eigenvalue weighted by molar-refractivity contribution is -0.166. The minimum absolute atomic E-state index is 0.168.